The quantitative estimate of drug-likeness (QED) is 0.916. The molecule has 0 saturated carbocycles. The summed E-state index contributed by atoms with van der Waals surface area (Å²) in [6.07, 6.45) is 0.954. The number of halogens is 2. The summed E-state index contributed by atoms with van der Waals surface area (Å²) < 4.78 is 5.55. The highest BCUT2D eigenvalue weighted by Gasteiger charge is 2.21. The van der Waals surface area contributed by atoms with Crippen LogP contribution in [0.2, 0.25) is 10.0 Å². The second-order valence-electron chi connectivity index (χ2n) is 4.82. The molecule has 1 aliphatic rings. The zero-order chi connectivity index (χ0) is 14.1. The van der Waals surface area contributed by atoms with E-state index < -0.39 is 0 Å². The van der Waals surface area contributed by atoms with Crippen molar-refractivity contribution in [3.63, 3.8) is 0 Å². The molecule has 104 valence electrons. The van der Waals surface area contributed by atoms with Crippen LogP contribution in [0.5, 0.6) is 5.75 Å². The molecule has 1 N–H and O–H groups in total. The number of fused-ring (bicyclic) bond motifs is 1. The molecule has 0 aromatic heterocycles. The Morgan fingerprint density at radius 2 is 1.90 bits per heavy atom. The van der Waals surface area contributed by atoms with Crippen LogP contribution in [-0.2, 0) is 6.42 Å². The highest BCUT2D eigenvalue weighted by molar-refractivity contribution is 6.36. The van der Waals surface area contributed by atoms with Gasteiger partial charge in [-0.15, -0.1) is 0 Å². The molecule has 2 aromatic carbocycles. The van der Waals surface area contributed by atoms with Crippen LogP contribution in [0.25, 0.3) is 0 Å². The topological polar surface area (TPSA) is 21.3 Å². The van der Waals surface area contributed by atoms with Gasteiger partial charge in [0.1, 0.15) is 5.75 Å². The van der Waals surface area contributed by atoms with Gasteiger partial charge in [0.15, 0.2) is 0 Å². The molecule has 0 bridgehead atoms. The number of benzene rings is 2. The Balaban J connectivity index is 2.06. The van der Waals surface area contributed by atoms with Crippen molar-refractivity contribution in [2.24, 2.45) is 0 Å². The predicted octanol–water partition coefficient (Wildman–Crippen LogP) is 4.24. The number of rotatable bonds is 3. The van der Waals surface area contributed by atoms with Crippen LogP contribution < -0.4 is 10.1 Å². The summed E-state index contributed by atoms with van der Waals surface area (Å²) in [6.45, 7) is 0.760. The van der Waals surface area contributed by atoms with Crippen LogP contribution in [0, 0.1) is 0 Å². The number of hydrogen-bond donors (Lipinski definition) is 1. The summed E-state index contributed by atoms with van der Waals surface area (Å²) in [5, 5.41) is 4.65. The second kappa shape index (κ2) is 5.65. The van der Waals surface area contributed by atoms with Gasteiger partial charge in [-0.2, -0.15) is 0 Å². The smallest absolute Gasteiger partial charge is 0.122 e. The minimum atomic E-state index is -0.0258. The average Bonchev–Trinajstić information content (AvgIpc) is 2.90. The largest absolute Gasteiger partial charge is 0.493 e. The first-order chi connectivity index (χ1) is 9.70. The Morgan fingerprint density at radius 3 is 2.60 bits per heavy atom. The van der Waals surface area contributed by atoms with E-state index in [1.165, 1.54) is 5.56 Å². The Labute approximate surface area is 128 Å². The van der Waals surface area contributed by atoms with Crippen molar-refractivity contribution in [3.05, 3.63) is 63.1 Å². The fourth-order valence-corrected chi connectivity index (χ4v) is 3.27. The molecule has 4 heteroatoms. The van der Waals surface area contributed by atoms with Crippen molar-refractivity contribution in [1.82, 2.24) is 5.32 Å². The maximum absolute atomic E-state index is 6.32. The first-order valence-electron chi connectivity index (χ1n) is 6.57. The van der Waals surface area contributed by atoms with Crippen LogP contribution in [0.4, 0.5) is 0 Å². The molecule has 0 aliphatic carbocycles. The summed E-state index contributed by atoms with van der Waals surface area (Å²) in [5.41, 5.74) is 3.30. The second-order valence-corrected chi connectivity index (χ2v) is 5.64. The fourth-order valence-electron chi connectivity index (χ4n) is 2.65. The maximum Gasteiger partial charge on any atom is 0.122 e. The van der Waals surface area contributed by atoms with Crippen LogP contribution in [0.1, 0.15) is 22.7 Å². The lowest BCUT2D eigenvalue weighted by molar-refractivity contribution is 0.357. The van der Waals surface area contributed by atoms with Crippen molar-refractivity contribution in [3.8, 4) is 5.75 Å². The molecule has 2 nitrogen and oxygen atoms in total. The Kier molecular flexibility index (Phi) is 3.88. The molecular weight excluding hydrogens is 293 g/mol. The van der Waals surface area contributed by atoms with Gasteiger partial charge in [0, 0.05) is 22.0 Å². The van der Waals surface area contributed by atoms with Crippen LogP contribution in [0.15, 0.2) is 36.4 Å². The summed E-state index contributed by atoms with van der Waals surface area (Å²) in [4.78, 5) is 0. The third-order valence-corrected chi connectivity index (χ3v) is 4.28. The van der Waals surface area contributed by atoms with Gasteiger partial charge in [0.25, 0.3) is 0 Å². The van der Waals surface area contributed by atoms with Crippen molar-refractivity contribution in [2.75, 3.05) is 13.7 Å². The average molecular weight is 308 g/mol. The molecule has 20 heavy (non-hydrogen) atoms. The summed E-state index contributed by atoms with van der Waals surface area (Å²) in [7, 11) is 1.91. The normalized spacial score (nSPS) is 14.8. The monoisotopic (exact) mass is 307 g/mol. The molecule has 0 fully saturated rings. The van der Waals surface area contributed by atoms with Gasteiger partial charge < -0.3 is 10.1 Å². The van der Waals surface area contributed by atoms with E-state index in [9.17, 15) is 0 Å². The molecule has 1 heterocycles. The lowest BCUT2D eigenvalue weighted by Crippen LogP contribution is -2.18. The Morgan fingerprint density at radius 1 is 1.15 bits per heavy atom. The molecule has 1 atom stereocenters. The fraction of sp³-hybridized carbons (Fsp3) is 0.250. The molecule has 3 rings (SSSR count). The molecule has 1 aliphatic heterocycles. The van der Waals surface area contributed by atoms with E-state index >= 15 is 0 Å². The van der Waals surface area contributed by atoms with E-state index in [0.717, 1.165) is 29.9 Å². The van der Waals surface area contributed by atoms with Crippen LogP contribution in [-0.4, -0.2) is 13.7 Å². The van der Waals surface area contributed by atoms with Crippen molar-refractivity contribution in [2.45, 2.75) is 12.5 Å². The van der Waals surface area contributed by atoms with Crippen LogP contribution in [0.3, 0.4) is 0 Å². The van der Waals surface area contributed by atoms with Gasteiger partial charge in [-0.25, -0.2) is 0 Å². The molecule has 0 spiro atoms. The standard InChI is InChI=1S/C16H15Cl2NO/c1-19-16(15-12(17)3-2-4-13(15)18)11-5-6-14-10(9-11)7-8-20-14/h2-6,9,16,19H,7-8H2,1H3. The summed E-state index contributed by atoms with van der Waals surface area (Å²) in [6, 6.07) is 11.8. The molecular formula is C16H15Cl2NO. The van der Waals surface area contributed by atoms with E-state index in [1.54, 1.807) is 0 Å². The summed E-state index contributed by atoms with van der Waals surface area (Å²) >= 11 is 12.6. The summed E-state index contributed by atoms with van der Waals surface area (Å²) in [5.74, 6) is 0.980. The minimum absolute atomic E-state index is 0.0258. The lowest BCUT2D eigenvalue weighted by atomic mass is 9.96. The lowest BCUT2D eigenvalue weighted by Gasteiger charge is -2.20. The Bertz CT molecular complexity index is 622. The number of ether oxygens (including phenoxy) is 1. The number of nitrogens with one attached hydrogen (secondary N) is 1. The third kappa shape index (κ3) is 2.39. The first kappa shape index (κ1) is 13.7. The van der Waals surface area contributed by atoms with Gasteiger partial charge in [-0.1, -0.05) is 41.4 Å². The van der Waals surface area contributed by atoms with E-state index in [0.29, 0.717) is 10.0 Å². The zero-order valence-electron chi connectivity index (χ0n) is 11.1. The minimum Gasteiger partial charge on any atom is -0.493 e. The van der Waals surface area contributed by atoms with Crippen molar-refractivity contribution >= 4 is 23.2 Å². The van der Waals surface area contributed by atoms with Gasteiger partial charge >= 0.3 is 0 Å². The highest BCUT2D eigenvalue weighted by atomic mass is 35.5. The highest BCUT2D eigenvalue weighted by Crippen LogP contribution is 2.36. The first-order valence-corrected chi connectivity index (χ1v) is 7.33. The predicted molar refractivity (Wildman–Crippen MR) is 83.0 cm³/mol. The zero-order valence-corrected chi connectivity index (χ0v) is 12.6. The molecule has 1 unspecified atom stereocenters. The van der Waals surface area contributed by atoms with Gasteiger partial charge in [-0.05, 0) is 36.4 Å². The van der Waals surface area contributed by atoms with E-state index in [2.05, 4.69) is 17.4 Å². The number of hydrogen-bond acceptors (Lipinski definition) is 2. The third-order valence-electron chi connectivity index (χ3n) is 3.62. The van der Waals surface area contributed by atoms with E-state index in [1.807, 2.05) is 31.3 Å². The molecule has 2 aromatic rings. The van der Waals surface area contributed by atoms with Gasteiger partial charge in [0.2, 0.25) is 0 Å². The molecule has 0 amide bonds. The molecule has 0 saturated heterocycles. The van der Waals surface area contributed by atoms with E-state index in [-0.39, 0.29) is 6.04 Å². The van der Waals surface area contributed by atoms with Crippen LogP contribution >= 0.6 is 23.2 Å². The Hall–Kier alpha value is -1.22. The van der Waals surface area contributed by atoms with Gasteiger partial charge in [0.05, 0.1) is 12.6 Å². The van der Waals surface area contributed by atoms with E-state index in [4.69, 9.17) is 27.9 Å². The van der Waals surface area contributed by atoms with Gasteiger partial charge in [-0.3, -0.25) is 0 Å². The van der Waals surface area contributed by atoms with Crippen molar-refractivity contribution < 1.29 is 4.74 Å². The maximum atomic E-state index is 6.32. The SMILES string of the molecule is CNC(c1ccc2c(c1)CCO2)c1c(Cl)cccc1Cl. The molecule has 0 radical (unpaired) electrons. The van der Waals surface area contributed by atoms with Crippen molar-refractivity contribution in [1.29, 1.82) is 0 Å².